The average molecular weight is 485 g/mol. The zero-order chi connectivity index (χ0) is 25.7. The predicted octanol–water partition coefficient (Wildman–Crippen LogP) is 1.93. The molecule has 33 heavy (non-hydrogen) atoms. The molecule has 0 amide bonds. The molecule has 0 spiro atoms. The monoisotopic (exact) mass is 484 g/mol. The van der Waals surface area contributed by atoms with Crippen LogP contribution >= 0.6 is 0 Å². The van der Waals surface area contributed by atoms with Gasteiger partial charge in [0.25, 0.3) is 0 Å². The van der Waals surface area contributed by atoms with E-state index in [0.29, 0.717) is 0 Å². The van der Waals surface area contributed by atoms with Crippen LogP contribution in [0.2, 0.25) is 0 Å². The molecule has 3 atom stereocenters. The molecule has 1 rings (SSSR count). The zero-order valence-electron chi connectivity index (χ0n) is 20.4. The second-order valence-electron chi connectivity index (χ2n) is 9.81. The van der Waals surface area contributed by atoms with E-state index in [0.717, 1.165) is 6.26 Å². The van der Waals surface area contributed by atoms with E-state index in [9.17, 15) is 22.8 Å². The Morgan fingerprint density at radius 1 is 1.15 bits per heavy atom. The van der Waals surface area contributed by atoms with Gasteiger partial charge in [0.1, 0.15) is 6.04 Å². The molecule has 1 aliphatic carbocycles. The fourth-order valence-electron chi connectivity index (χ4n) is 3.48. The van der Waals surface area contributed by atoms with Gasteiger partial charge >= 0.3 is 17.9 Å². The number of carbonyl (C=O) groups excluding carboxylic acids is 3. The van der Waals surface area contributed by atoms with Crippen molar-refractivity contribution >= 4 is 27.7 Å². The van der Waals surface area contributed by atoms with E-state index in [2.05, 4.69) is 5.32 Å². The van der Waals surface area contributed by atoms with Crippen molar-refractivity contribution in [3.8, 4) is 0 Å². The van der Waals surface area contributed by atoms with E-state index < -0.39 is 61.3 Å². The molecule has 10 heteroatoms. The number of rotatable bonds is 8. The normalized spacial score (nSPS) is 22.2. The highest BCUT2D eigenvalue weighted by molar-refractivity contribution is 7.95. The SMILES string of the molecule is CC=COC(=O)C1(S(=O)(=O)C(C)(C)C)C=CC=CC1C[C@H](NC(C)(C)C)C(=O)OC(=O)CN. The van der Waals surface area contributed by atoms with Gasteiger partial charge in [0, 0.05) is 11.5 Å². The minimum atomic E-state index is -4.20. The molecule has 186 valence electrons. The summed E-state index contributed by atoms with van der Waals surface area (Å²) in [5.41, 5.74) is 4.66. The van der Waals surface area contributed by atoms with E-state index in [1.165, 1.54) is 39.0 Å². The highest BCUT2D eigenvalue weighted by Gasteiger charge is 2.60. The Labute approximate surface area is 196 Å². The van der Waals surface area contributed by atoms with E-state index in [1.807, 2.05) is 0 Å². The average Bonchev–Trinajstić information content (AvgIpc) is 2.69. The van der Waals surface area contributed by atoms with Crippen molar-refractivity contribution in [2.45, 2.75) is 76.0 Å². The molecule has 0 aromatic heterocycles. The summed E-state index contributed by atoms with van der Waals surface area (Å²) in [5.74, 6) is -3.81. The van der Waals surface area contributed by atoms with Crippen LogP contribution in [0, 0.1) is 5.92 Å². The lowest BCUT2D eigenvalue weighted by Crippen LogP contribution is -2.59. The van der Waals surface area contributed by atoms with Crippen LogP contribution in [0.3, 0.4) is 0 Å². The van der Waals surface area contributed by atoms with E-state index in [4.69, 9.17) is 15.2 Å². The summed E-state index contributed by atoms with van der Waals surface area (Å²) < 4.78 is 34.1. The lowest BCUT2D eigenvalue weighted by Gasteiger charge is -2.41. The second kappa shape index (κ2) is 10.8. The van der Waals surface area contributed by atoms with Crippen LogP contribution in [0.15, 0.2) is 36.6 Å². The maximum Gasteiger partial charge on any atom is 0.336 e. The lowest BCUT2D eigenvalue weighted by molar-refractivity contribution is -0.161. The summed E-state index contributed by atoms with van der Waals surface area (Å²) in [6.45, 7) is 11.0. The van der Waals surface area contributed by atoms with Crippen molar-refractivity contribution in [3.05, 3.63) is 36.6 Å². The Morgan fingerprint density at radius 2 is 1.76 bits per heavy atom. The fraction of sp³-hybridized carbons (Fsp3) is 0.609. The molecule has 0 aromatic carbocycles. The lowest BCUT2D eigenvalue weighted by atomic mass is 9.82. The maximum atomic E-state index is 13.8. The maximum absolute atomic E-state index is 13.8. The summed E-state index contributed by atoms with van der Waals surface area (Å²) in [6.07, 6.45) is 8.35. The van der Waals surface area contributed by atoms with Gasteiger partial charge in [-0.15, -0.1) is 0 Å². The van der Waals surface area contributed by atoms with Crippen LogP contribution < -0.4 is 11.1 Å². The number of esters is 3. The molecule has 0 fully saturated rings. The molecule has 9 nitrogen and oxygen atoms in total. The van der Waals surface area contributed by atoms with E-state index in [1.54, 1.807) is 39.8 Å². The molecule has 0 heterocycles. The number of hydrogen-bond acceptors (Lipinski definition) is 9. The van der Waals surface area contributed by atoms with Gasteiger partial charge in [0.05, 0.1) is 17.6 Å². The summed E-state index contributed by atoms with van der Waals surface area (Å²) >= 11 is 0. The molecule has 0 aliphatic heterocycles. The summed E-state index contributed by atoms with van der Waals surface area (Å²) in [6, 6.07) is -1.11. The molecular weight excluding hydrogens is 448 g/mol. The van der Waals surface area contributed by atoms with Crippen molar-refractivity contribution in [2.75, 3.05) is 6.54 Å². The smallest absolute Gasteiger partial charge is 0.336 e. The van der Waals surface area contributed by atoms with Gasteiger partial charge in [-0.1, -0.05) is 30.4 Å². The van der Waals surface area contributed by atoms with Crippen LogP contribution in [0.5, 0.6) is 0 Å². The van der Waals surface area contributed by atoms with Crippen molar-refractivity contribution in [1.82, 2.24) is 5.32 Å². The number of carbonyl (C=O) groups is 3. The molecule has 0 aromatic rings. The Kier molecular flexibility index (Phi) is 9.36. The number of sulfone groups is 1. The van der Waals surface area contributed by atoms with Crippen molar-refractivity contribution < 1.29 is 32.3 Å². The van der Waals surface area contributed by atoms with Gasteiger partial charge < -0.3 is 15.2 Å². The molecule has 2 unspecified atom stereocenters. The number of ether oxygens (including phenoxy) is 2. The van der Waals surface area contributed by atoms with Crippen LogP contribution in [0.25, 0.3) is 0 Å². The number of nitrogens with two attached hydrogens (primary N) is 1. The van der Waals surface area contributed by atoms with Gasteiger partial charge in [-0.05, 0) is 54.9 Å². The Hall–Kier alpha value is -2.30. The quantitative estimate of drug-likeness (QED) is 0.300. The molecule has 3 N–H and O–H groups in total. The molecule has 1 aliphatic rings. The Morgan fingerprint density at radius 3 is 2.24 bits per heavy atom. The van der Waals surface area contributed by atoms with Crippen molar-refractivity contribution in [2.24, 2.45) is 11.7 Å². The number of hydrogen-bond donors (Lipinski definition) is 2. The third-order valence-electron chi connectivity index (χ3n) is 4.99. The Bertz CT molecular complexity index is 937. The van der Waals surface area contributed by atoms with Crippen LogP contribution in [-0.2, 0) is 33.7 Å². The van der Waals surface area contributed by atoms with E-state index >= 15 is 0 Å². The zero-order valence-corrected chi connectivity index (χ0v) is 21.2. The fourth-order valence-corrected chi connectivity index (χ4v) is 5.59. The van der Waals surface area contributed by atoms with E-state index in [-0.39, 0.29) is 6.42 Å². The topological polar surface area (TPSA) is 142 Å². The van der Waals surface area contributed by atoms with Crippen LogP contribution in [-0.4, -0.2) is 53.9 Å². The summed E-state index contributed by atoms with van der Waals surface area (Å²) in [5, 5.41) is 3.06. The minimum Gasteiger partial charge on any atom is -0.433 e. The van der Waals surface area contributed by atoms with Gasteiger partial charge in [-0.3, -0.25) is 10.1 Å². The van der Waals surface area contributed by atoms with Crippen molar-refractivity contribution in [3.63, 3.8) is 0 Å². The van der Waals surface area contributed by atoms with Gasteiger partial charge in [-0.2, -0.15) is 0 Å². The first-order valence-corrected chi connectivity index (χ1v) is 12.2. The van der Waals surface area contributed by atoms with Crippen molar-refractivity contribution in [1.29, 1.82) is 0 Å². The van der Waals surface area contributed by atoms with Crippen LogP contribution in [0.1, 0.15) is 54.9 Å². The first kappa shape index (κ1) is 28.7. The summed E-state index contributed by atoms with van der Waals surface area (Å²) in [4.78, 5) is 37.7. The minimum absolute atomic E-state index is 0.158. The molecule has 0 saturated carbocycles. The first-order valence-electron chi connectivity index (χ1n) is 10.7. The molecule has 0 radical (unpaired) electrons. The molecule has 0 saturated heterocycles. The Balaban J connectivity index is 3.62. The molecular formula is C23H36N2O7S. The first-order chi connectivity index (χ1) is 15.0. The molecule has 0 bridgehead atoms. The third-order valence-corrected chi connectivity index (χ3v) is 8.10. The number of allylic oxidation sites excluding steroid dienone is 4. The third kappa shape index (κ3) is 6.61. The van der Waals surface area contributed by atoms with Gasteiger partial charge in [0.15, 0.2) is 14.6 Å². The highest BCUT2D eigenvalue weighted by Crippen LogP contribution is 2.42. The largest absolute Gasteiger partial charge is 0.433 e. The van der Waals surface area contributed by atoms with Gasteiger partial charge in [0.2, 0.25) is 0 Å². The van der Waals surface area contributed by atoms with Gasteiger partial charge in [-0.25, -0.2) is 18.0 Å². The number of nitrogens with one attached hydrogen (secondary N) is 1. The predicted molar refractivity (Wildman–Crippen MR) is 126 cm³/mol. The second-order valence-corrected chi connectivity index (χ2v) is 12.7. The van der Waals surface area contributed by atoms with Crippen LogP contribution in [0.4, 0.5) is 0 Å². The standard InChI is InChI=1S/C23H36N2O7S/c1-8-13-31-20(28)23(33(29,30)22(5,6)7)12-10-9-11-16(23)14-17(25-21(2,3)4)19(27)32-18(26)15-24/h8-13,16-17,25H,14-15,24H2,1-7H3/t16?,17-,23?/m0/s1. The summed E-state index contributed by atoms with van der Waals surface area (Å²) in [7, 11) is -4.20. The highest BCUT2D eigenvalue weighted by atomic mass is 32.2.